The first-order valence-electron chi connectivity index (χ1n) is 6.21. The van der Waals surface area contributed by atoms with Crippen LogP contribution < -0.4 is 0 Å². The van der Waals surface area contributed by atoms with E-state index in [0.29, 0.717) is 17.3 Å². The number of nitrogens with zero attached hydrogens (tertiary/aromatic N) is 2. The molecule has 1 aliphatic rings. The Labute approximate surface area is 112 Å². The molecule has 98 valence electrons. The van der Waals surface area contributed by atoms with E-state index in [0.717, 1.165) is 25.0 Å². The highest BCUT2D eigenvalue weighted by Gasteiger charge is 2.26. The van der Waals surface area contributed by atoms with Gasteiger partial charge < -0.3 is 4.74 Å². The number of aromatic nitrogens is 2. The van der Waals surface area contributed by atoms with Crippen LogP contribution in [0.4, 0.5) is 0 Å². The molecule has 0 aromatic carbocycles. The minimum atomic E-state index is -0.413. The Balaban J connectivity index is 2.33. The van der Waals surface area contributed by atoms with Gasteiger partial charge in [-0.2, -0.15) is 5.10 Å². The van der Waals surface area contributed by atoms with Crippen molar-refractivity contribution in [2.24, 2.45) is 7.05 Å². The van der Waals surface area contributed by atoms with Crippen molar-refractivity contribution in [2.45, 2.75) is 32.1 Å². The normalized spacial score (nSPS) is 18.9. The quantitative estimate of drug-likeness (QED) is 0.625. The Kier molecular flexibility index (Phi) is 4.07. The van der Waals surface area contributed by atoms with Crippen molar-refractivity contribution in [3.05, 3.63) is 28.6 Å². The molecule has 1 aromatic heterocycles. The minimum absolute atomic E-state index is 0.209. The number of hydrogen-bond donors (Lipinski definition) is 0. The van der Waals surface area contributed by atoms with Crippen LogP contribution >= 0.6 is 11.6 Å². The Morgan fingerprint density at radius 3 is 3.06 bits per heavy atom. The van der Waals surface area contributed by atoms with E-state index in [1.54, 1.807) is 14.0 Å². The fourth-order valence-electron chi connectivity index (χ4n) is 2.22. The lowest BCUT2D eigenvalue weighted by Gasteiger charge is -2.13. The molecule has 0 spiro atoms. The third-order valence-corrected chi connectivity index (χ3v) is 3.46. The zero-order valence-electron chi connectivity index (χ0n) is 10.6. The average Bonchev–Trinajstić information content (AvgIpc) is 2.66. The third-order valence-electron chi connectivity index (χ3n) is 3.09. The van der Waals surface area contributed by atoms with E-state index in [9.17, 15) is 4.79 Å². The maximum absolute atomic E-state index is 11.8. The highest BCUT2D eigenvalue weighted by atomic mass is 35.5. The first-order chi connectivity index (χ1) is 8.65. The summed E-state index contributed by atoms with van der Waals surface area (Å²) in [7, 11) is 1.72. The van der Waals surface area contributed by atoms with Crippen LogP contribution in [-0.2, 0) is 11.8 Å². The highest BCUT2D eigenvalue weighted by molar-refractivity contribution is 6.34. The SMILES string of the molecule is CCOC(=O)c1c(Cl)c(C2C=CCCC2)nn1C. The van der Waals surface area contributed by atoms with Gasteiger partial charge in [0.1, 0.15) is 0 Å². The number of halogens is 1. The molecule has 18 heavy (non-hydrogen) atoms. The van der Waals surface area contributed by atoms with E-state index in [4.69, 9.17) is 16.3 Å². The van der Waals surface area contributed by atoms with Gasteiger partial charge in [-0.05, 0) is 26.2 Å². The van der Waals surface area contributed by atoms with Crippen molar-refractivity contribution in [1.29, 1.82) is 0 Å². The van der Waals surface area contributed by atoms with Crippen LogP contribution in [0.25, 0.3) is 0 Å². The zero-order chi connectivity index (χ0) is 13.1. The van der Waals surface area contributed by atoms with Crippen molar-refractivity contribution < 1.29 is 9.53 Å². The van der Waals surface area contributed by atoms with Gasteiger partial charge in [0.05, 0.1) is 17.3 Å². The monoisotopic (exact) mass is 268 g/mol. The molecule has 0 amide bonds. The van der Waals surface area contributed by atoms with Crippen molar-refractivity contribution in [3.8, 4) is 0 Å². The zero-order valence-corrected chi connectivity index (χ0v) is 11.4. The number of hydrogen-bond acceptors (Lipinski definition) is 3. The molecule has 0 aliphatic heterocycles. The number of aryl methyl sites for hydroxylation is 1. The number of ether oxygens (including phenoxy) is 1. The third kappa shape index (κ3) is 2.43. The van der Waals surface area contributed by atoms with Gasteiger partial charge in [0.15, 0.2) is 5.69 Å². The molecular weight excluding hydrogens is 252 g/mol. The molecule has 0 N–H and O–H groups in total. The minimum Gasteiger partial charge on any atom is -0.461 e. The predicted molar refractivity (Wildman–Crippen MR) is 69.9 cm³/mol. The van der Waals surface area contributed by atoms with Crippen LogP contribution in [0.2, 0.25) is 5.02 Å². The van der Waals surface area contributed by atoms with E-state index >= 15 is 0 Å². The lowest BCUT2D eigenvalue weighted by molar-refractivity contribution is 0.0514. The molecule has 0 fully saturated rings. The van der Waals surface area contributed by atoms with Gasteiger partial charge in [0.25, 0.3) is 0 Å². The average molecular weight is 269 g/mol. The molecule has 1 atom stereocenters. The molecular formula is C13H17ClN2O2. The number of rotatable bonds is 3. The fourth-order valence-corrected chi connectivity index (χ4v) is 2.59. The number of esters is 1. The van der Waals surface area contributed by atoms with Gasteiger partial charge >= 0.3 is 5.97 Å². The maximum Gasteiger partial charge on any atom is 0.358 e. The topological polar surface area (TPSA) is 44.1 Å². The van der Waals surface area contributed by atoms with E-state index in [1.165, 1.54) is 4.68 Å². The summed E-state index contributed by atoms with van der Waals surface area (Å²) >= 11 is 6.28. The molecule has 1 aromatic rings. The molecule has 5 heteroatoms. The van der Waals surface area contributed by atoms with Crippen molar-refractivity contribution >= 4 is 17.6 Å². The van der Waals surface area contributed by atoms with Gasteiger partial charge in [-0.25, -0.2) is 4.79 Å². The van der Waals surface area contributed by atoms with Crippen molar-refractivity contribution in [1.82, 2.24) is 9.78 Å². The summed E-state index contributed by atoms with van der Waals surface area (Å²) in [6.07, 6.45) is 7.51. The van der Waals surface area contributed by atoms with Gasteiger partial charge in [-0.15, -0.1) is 0 Å². The fraction of sp³-hybridized carbons (Fsp3) is 0.538. The second-order valence-corrected chi connectivity index (χ2v) is 4.74. The largest absolute Gasteiger partial charge is 0.461 e. The van der Waals surface area contributed by atoms with Crippen LogP contribution in [0.3, 0.4) is 0 Å². The summed E-state index contributed by atoms with van der Waals surface area (Å²) in [4.78, 5) is 11.8. The number of carbonyl (C=O) groups is 1. The summed E-state index contributed by atoms with van der Waals surface area (Å²) in [6.45, 7) is 2.10. The van der Waals surface area contributed by atoms with E-state index in [1.807, 2.05) is 0 Å². The Morgan fingerprint density at radius 2 is 2.44 bits per heavy atom. The first-order valence-corrected chi connectivity index (χ1v) is 6.59. The summed E-state index contributed by atoms with van der Waals surface area (Å²) in [5.41, 5.74) is 1.12. The number of carbonyl (C=O) groups excluding carboxylic acids is 1. The lowest BCUT2D eigenvalue weighted by Crippen LogP contribution is -2.10. The van der Waals surface area contributed by atoms with Gasteiger partial charge in [0.2, 0.25) is 0 Å². The van der Waals surface area contributed by atoms with Crippen molar-refractivity contribution in [2.75, 3.05) is 6.61 Å². The van der Waals surface area contributed by atoms with E-state index in [2.05, 4.69) is 17.3 Å². The van der Waals surface area contributed by atoms with Gasteiger partial charge in [0, 0.05) is 13.0 Å². The second-order valence-electron chi connectivity index (χ2n) is 4.36. The molecule has 2 rings (SSSR count). The van der Waals surface area contributed by atoms with Crippen LogP contribution in [0.15, 0.2) is 12.2 Å². The van der Waals surface area contributed by atoms with E-state index < -0.39 is 5.97 Å². The molecule has 0 saturated carbocycles. The summed E-state index contributed by atoms with van der Waals surface area (Å²) in [5, 5.41) is 4.79. The van der Waals surface area contributed by atoms with Crippen LogP contribution in [0, 0.1) is 0 Å². The first kappa shape index (κ1) is 13.1. The van der Waals surface area contributed by atoms with Crippen LogP contribution in [0.1, 0.15) is 48.3 Å². The molecule has 1 heterocycles. The Morgan fingerprint density at radius 1 is 1.67 bits per heavy atom. The van der Waals surface area contributed by atoms with Crippen LogP contribution in [0.5, 0.6) is 0 Å². The van der Waals surface area contributed by atoms with E-state index in [-0.39, 0.29) is 5.92 Å². The second kappa shape index (κ2) is 5.57. The van der Waals surface area contributed by atoms with Crippen LogP contribution in [-0.4, -0.2) is 22.4 Å². The molecule has 1 unspecified atom stereocenters. The Hall–Kier alpha value is -1.29. The molecule has 0 radical (unpaired) electrons. The summed E-state index contributed by atoms with van der Waals surface area (Å²) < 4.78 is 6.50. The highest BCUT2D eigenvalue weighted by Crippen LogP contribution is 2.33. The molecule has 0 saturated heterocycles. The summed E-state index contributed by atoms with van der Waals surface area (Å²) in [6, 6.07) is 0. The van der Waals surface area contributed by atoms with Crippen molar-refractivity contribution in [3.63, 3.8) is 0 Å². The standard InChI is InChI=1S/C13H17ClN2O2/c1-3-18-13(17)12-10(14)11(15-16(12)2)9-7-5-4-6-8-9/h5,7,9H,3-4,6,8H2,1-2H3. The Bertz CT molecular complexity index is 480. The summed E-state index contributed by atoms with van der Waals surface area (Å²) in [5.74, 6) is -0.204. The van der Waals surface area contributed by atoms with Gasteiger partial charge in [-0.3, -0.25) is 4.68 Å². The van der Waals surface area contributed by atoms with Gasteiger partial charge in [-0.1, -0.05) is 23.8 Å². The smallest absolute Gasteiger partial charge is 0.358 e. The lowest BCUT2D eigenvalue weighted by atomic mass is 9.93. The molecule has 0 bridgehead atoms. The maximum atomic E-state index is 11.8. The number of allylic oxidation sites excluding steroid dienone is 2. The molecule has 4 nitrogen and oxygen atoms in total. The predicted octanol–water partition coefficient (Wildman–Crippen LogP) is 3.07. The molecule has 1 aliphatic carbocycles.